The van der Waals surface area contributed by atoms with Gasteiger partial charge in [-0.05, 0) is 6.92 Å². The van der Waals surface area contributed by atoms with Crippen LogP contribution in [0.15, 0.2) is 12.7 Å². The second-order valence-electron chi connectivity index (χ2n) is 2.02. The molecule has 0 radical (unpaired) electrons. The molecule has 0 aliphatic carbocycles. The maximum Gasteiger partial charge on any atom is 0.408 e. The number of alkyl carbamates (subject to hydrolysis) is 1. The lowest BCUT2D eigenvalue weighted by Gasteiger charge is -2.04. The highest BCUT2D eigenvalue weighted by Gasteiger charge is 2.27. The first-order chi connectivity index (χ1) is 4.24. The van der Waals surface area contributed by atoms with E-state index in [-0.39, 0.29) is 18.2 Å². The van der Waals surface area contributed by atoms with Crippen LogP contribution in [0.1, 0.15) is 6.92 Å². The van der Waals surface area contributed by atoms with Gasteiger partial charge in [-0.15, -0.1) is 6.58 Å². The van der Waals surface area contributed by atoms with Crippen LogP contribution in [-0.4, -0.2) is 18.2 Å². The lowest BCUT2D eigenvalue weighted by molar-refractivity contribution is 0.144. The Morgan fingerprint density at radius 2 is 2.56 bits per heavy atom. The Bertz CT molecular complexity index is 144. The standard InChI is InChI=1S/C6H9NO2/c1-3-5-4(2)9-6(8)7-5/h3-5H,1H2,2H3,(H,7,8)/t4-,5-/m0/s1. The first-order valence-electron chi connectivity index (χ1n) is 2.83. The Balaban J connectivity index is 2.57. The van der Waals surface area contributed by atoms with Gasteiger partial charge in [0.2, 0.25) is 0 Å². The average molecular weight is 127 g/mol. The summed E-state index contributed by atoms with van der Waals surface area (Å²) in [5.41, 5.74) is 0. The largest absolute Gasteiger partial charge is 0.444 e. The summed E-state index contributed by atoms with van der Waals surface area (Å²) in [6, 6.07) is -0.0162. The highest BCUT2D eigenvalue weighted by molar-refractivity contribution is 5.70. The summed E-state index contributed by atoms with van der Waals surface area (Å²) >= 11 is 0. The van der Waals surface area contributed by atoms with Gasteiger partial charge in [-0.25, -0.2) is 4.79 Å². The van der Waals surface area contributed by atoms with Crippen LogP contribution in [-0.2, 0) is 4.74 Å². The van der Waals surface area contributed by atoms with Crippen molar-refractivity contribution in [2.24, 2.45) is 0 Å². The highest BCUT2D eigenvalue weighted by Crippen LogP contribution is 2.07. The fraction of sp³-hybridized carbons (Fsp3) is 0.500. The van der Waals surface area contributed by atoms with Gasteiger partial charge < -0.3 is 10.1 Å². The molecule has 0 unspecified atom stereocenters. The minimum Gasteiger partial charge on any atom is -0.444 e. The van der Waals surface area contributed by atoms with Crippen molar-refractivity contribution in [1.29, 1.82) is 0 Å². The van der Waals surface area contributed by atoms with E-state index in [9.17, 15) is 4.79 Å². The van der Waals surface area contributed by atoms with Crippen LogP contribution >= 0.6 is 0 Å². The van der Waals surface area contributed by atoms with E-state index in [1.54, 1.807) is 6.08 Å². The molecule has 1 saturated heterocycles. The molecule has 3 heteroatoms. The fourth-order valence-corrected chi connectivity index (χ4v) is 0.780. The van der Waals surface area contributed by atoms with E-state index >= 15 is 0 Å². The maximum absolute atomic E-state index is 10.4. The zero-order valence-corrected chi connectivity index (χ0v) is 5.26. The van der Waals surface area contributed by atoms with Gasteiger partial charge in [-0.1, -0.05) is 6.08 Å². The molecule has 1 aliphatic rings. The Hall–Kier alpha value is -0.990. The summed E-state index contributed by atoms with van der Waals surface area (Å²) in [6.45, 7) is 5.36. The summed E-state index contributed by atoms with van der Waals surface area (Å²) in [6.07, 6.45) is 1.23. The molecule has 0 aromatic heterocycles. The lowest BCUT2D eigenvalue weighted by atomic mass is 10.2. The molecule has 0 aromatic rings. The zero-order chi connectivity index (χ0) is 6.85. The third-order valence-corrected chi connectivity index (χ3v) is 1.34. The van der Waals surface area contributed by atoms with Crippen LogP contribution in [0.3, 0.4) is 0 Å². The first-order valence-corrected chi connectivity index (χ1v) is 2.83. The van der Waals surface area contributed by atoms with Gasteiger partial charge in [0.05, 0.1) is 6.04 Å². The molecule has 2 atom stereocenters. The van der Waals surface area contributed by atoms with Crippen molar-refractivity contribution in [3.8, 4) is 0 Å². The van der Waals surface area contributed by atoms with Gasteiger partial charge in [0.15, 0.2) is 0 Å². The van der Waals surface area contributed by atoms with Gasteiger partial charge in [-0.2, -0.15) is 0 Å². The van der Waals surface area contributed by atoms with Crippen molar-refractivity contribution >= 4 is 6.09 Å². The summed E-state index contributed by atoms with van der Waals surface area (Å²) in [5.74, 6) is 0. The van der Waals surface area contributed by atoms with Gasteiger partial charge in [0.1, 0.15) is 6.10 Å². The van der Waals surface area contributed by atoms with Crippen LogP contribution in [0.2, 0.25) is 0 Å². The Morgan fingerprint density at radius 1 is 1.89 bits per heavy atom. The molecular formula is C6H9NO2. The third-order valence-electron chi connectivity index (χ3n) is 1.34. The van der Waals surface area contributed by atoms with E-state index in [1.807, 2.05) is 6.92 Å². The molecular weight excluding hydrogens is 118 g/mol. The minimum absolute atomic E-state index is 0.0162. The SMILES string of the molecule is C=C[C@@H]1NC(=O)O[C@H]1C. The van der Waals surface area contributed by atoms with E-state index in [4.69, 9.17) is 4.74 Å². The fourth-order valence-electron chi connectivity index (χ4n) is 0.780. The number of rotatable bonds is 1. The summed E-state index contributed by atoms with van der Waals surface area (Å²) in [4.78, 5) is 10.4. The normalized spacial score (nSPS) is 33.2. The van der Waals surface area contributed by atoms with Crippen LogP contribution in [0, 0.1) is 0 Å². The minimum atomic E-state index is -0.354. The van der Waals surface area contributed by atoms with Crippen molar-refractivity contribution in [2.45, 2.75) is 19.1 Å². The molecule has 0 aromatic carbocycles. The predicted molar refractivity (Wildman–Crippen MR) is 33.1 cm³/mol. The Kier molecular flexibility index (Phi) is 1.42. The average Bonchev–Trinajstić information content (AvgIpc) is 2.10. The molecule has 0 spiro atoms. The van der Waals surface area contributed by atoms with Gasteiger partial charge in [0, 0.05) is 0 Å². The number of cyclic esters (lactones) is 1. The van der Waals surface area contributed by atoms with Crippen molar-refractivity contribution in [1.82, 2.24) is 5.32 Å². The van der Waals surface area contributed by atoms with Crippen LogP contribution < -0.4 is 5.32 Å². The van der Waals surface area contributed by atoms with Gasteiger partial charge in [0.25, 0.3) is 0 Å². The maximum atomic E-state index is 10.4. The smallest absolute Gasteiger partial charge is 0.408 e. The summed E-state index contributed by atoms with van der Waals surface area (Å²) < 4.78 is 4.74. The second kappa shape index (κ2) is 2.09. The number of nitrogens with one attached hydrogen (secondary N) is 1. The van der Waals surface area contributed by atoms with E-state index in [0.717, 1.165) is 0 Å². The van der Waals surface area contributed by atoms with Crippen LogP contribution in [0.4, 0.5) is 4.79 Å². The third kappa shape index (κ3) is 1.04. The molecule has 1 fully saturated rings. The van der Waals surface area contributed by atoms with E-state index in [1.165, 1.54) is 0 Å². The van der Waals surface area contributed by atoms with E-state index < -0.39 is 0 Å². The number of carbonyl (C=O) groups is 1. The molecule has 1 N–H and O–H groups in total. The quantitative estimate of drug-likeness (QED) is 0.526. The van der Waals surface area contributed by atoms with Crippen molar-refractivity contribution in [3.05, 3.63) is 12.7 Å². The van der Waals surface area contributed by atoms with E-state index in [0.29, 0.717) is 0 Å². The molecule has 50 valence electrons. The van der Waals surface area contributed by atoms with Crippen molar-refractivity contribution in [3.63, 3.8) is 0 Å². The Labute approximate surface area is 53.7 Å². The molecule has 0 bridgehead atoms. The molecule has 0 saturated carbocycles. The summed E-state index contributed by atoms with van der Waals surface area (Å²) in [7, 11) is 0. The molecule has 1 aliphatic heterocycles. The first kappa shape index (κ1) is 6.13. The second-order valence-corrected chi connectivity index (χ2v) is 2.02. The molecule has 1 rings (SSSR count). The van der Waals surface area contributed by atoms with Crippen molar-refractivity contribution in [2.75, 3.05) is 0 Å². The number of ether oxygens (including phenoxy) is 1. The monoisotopic (exact) mass is 127 g/mol. The number of carbonyl (C=O) groups excluding carboxylic acids is 1. The van der Waals surface area contributed by atoms with Crippen molar-refractivity contribution < 1.29 is 9.53 Å². The van der Waals surface area contributed by atoms with Gasteiger partial charge >= 0.3 is 6.09 Å². The topological polar surface area (TPSA) is 38.3 Å². The number of amides is 1. The van der Waals surface area contributed by atoms with Crippen LogP contribution in [0.5, 0.6) is 0 Å². The van der Waals surface area contributed by atoms with E-state index in [2.05, 4.69) is 11.9 Å². The predicted octanol–water partition coefficient (Wildman–Crippen LogP) is 0.669. The zero-order valence-electron chi connectivity index (χ0n) is 5.26. The Morgan fingerprint density at radius 3 is 2.78 bits per heavy atom. The molecule has 1 heterocycles. The number of hydrogen-bond donors (Lipinski definition) is 1. The number of hydrogen-bond acceptors (Lipinski definition) is 2. The van der Waals surface area contributed by atoms with Gasteiger partial charge in [-0.3, -0.25) is 0 Å². The molecule has 9 heavy (non-hydrogen) atoms. The molecule has 1 amide bonds. The summed E-state index contributed by atoms with van der Waals surface area (Å²) in [5, 5.41) is 2.57. The van der Waals surface area contributed by atoms with Crippen LogP contribution in [0.25, 0.3) is 0 Å². The highest BCUT2D eigenvalue weighted by atomic mass is 16.6. The molecule has 3 nitrogen and oxygen atoms in total. The lowest BCUT2D eigenvalue weighted by Crippen LogP contribution is -2.26.